The van der Waals surface area contributed by atoms with E-state index >= 15 is 0 Å². The van der Waals surface area contributed by atoms with E-state index in [1.807, 2.05) is 41.9 Å². The summed E-state index contributed by atoms with van der Waals surface area (Å²) >= 11 is 0. The summed E-state index contributed by atoms with van der Waals surface area (Å²) in [4.78, 5) is 15.2. The molecule has 2 heterocycles. The van der Waals surface area contributed by atoms with Gasteiger partial charge in [0, 0.05) is 29.9 Å². The lowest BCUT2D eigenvalue weighted by Gasteiger charge is -2.26. The monoisotopic (exact) mass is 352 g/mol. The van der Waals surface area contributed by atoms with Crippen LogP contribution < -0.4 is 5.32 Å². The van der Waals surface area contributed by atoms with Crippen LogP contribution in [0.4, 0.5) is 0 Å². The average Bonchev–Trinajstić information content (AvgIpc) is 3.29. The molecule has 138 valence electrons. The number of hydrogen-bond acceptors (Lipinski definition) is 3. The minimum atomic E-state index is 0.250. The van der Waals surface area contributed by atoms with E-state index in [0.29, 0.717) is 18.5 Å². The largest absolute Gasteiger partial charge is 0.338 e. The third kappa shape index (κ3) is 3.54. The molecule has 1 N–H and O–H groups in total. The SMILES string of the molecule is Cc1nn(-c2ccccc2)c(C)c1CC(=O)N(CC1CCCN1)C1CC1. The van der Waals surface area contributed by atoms with Gasteiger partial charge in [-0.15, -0.1) is 0 Å². The molecule has 1 saturated heterocycles. The molecule has 1 aliphatic carbocycles. The predicted molar refractivity (Wildman–Crippen MR) is 103 cm³/mol. The lowest BCUT2D eigenvalue weighted by molar-refractivity contribution is -0.131. The zero-order valence-corrected chi connectivity index (χ0v) is 15.7. The molecule has 1 unspecified atom stereocenters. The molecule has 1 aliphatic heterocycles. The topological polar surface area (TPSA) is 50.2 Å². The van der Waals surface area contributed by atoms with Gasteiger partial charge in [-0.2, -0.15) is 5.10 Å². The number of nitrogens with zero attached hydrogens (tertiary/aromatic N) is 3. The Morgan fingerprint density at radius 2 is 2.00 bits per heavy atom. The summed E-state index contributed by atoms with van der Waals surface area (Å²) in [5, 5.41) is 8.22. The molecule has 1 aromatic heterocycles. The Labute approximate surface area is 155 Å². The van der Waals surface area contributed by atoms with E-state index in [4.69, 9.17) is 5.10 Å². The second-order valence-corrected chi connectivity index (χ2v) is 7.64. The van der Waals surface area contributed by atoms with Gasteiger partial charge in [0.15, 0.2) is 0 Å². The maximum absolute atomic E-state index is 13.1. The van der Waals surface area contributed by atoms with Crippen molar-refractivity contribution in [1.82, 2.24) is 20.0 Å². The van der Waals surface area contributed by atoms with E-state index in [2.05, 4.69) is 17.1 Å². The molecule has 2 aliphatic rings. The Kier molecular flexibility index (Phi) is 4.81. The summed E-state index contributed by atoms with van der Waals surface area (Å²) < 4.78 is 1.96. The maximum Gasteiger partial charge on any atom is 0.227 e. The summed E-state index contributed by atoms with van der Waals surface area (Å²) in [6.45, 7) is 6.01. The van der Waals surface area contributed by atoms with Crippen molar-refractivity contribution < 1.29 is 4.79 Å². The summed E-state index contributed by atoms with van der Waals surface area (Å²) in [6.07, 6.45) is 5.16. The first-order valence-electron chi connectivity index (χ1n) is 9.77. The molecule has 0 radical (unpaired) electrons. The van der Waals surface area contributed by atoms with Gasteiger partial charge in [-0.25, -0.2) is 4.68 Å². The van der Waals surface area contributed by atoms with Gasteiger partial charge >= 0.3 is 0 Å². The van der Waals surface area contributed by atoms with Crippen molar-refractivity contribution in [2.45, 2.75) is 58.0 Å². The molecule has 0 bridgehead atoms. The van der Waals surface area contributed by atoms with E-state index < -0.39 is 0 Å². The first kappa shape index (κ1) is 17.3. The molecule has 1 aromatic carbocycles. The van der Waals surface area contributed by atoms with E-state index in [1.165, 1.54) is 12.8 Å². The quantitative estimate of drug-likeness (QED) is 0.870. The number of carbonyl (C=O) groups is 1. The fourth-order valence-electron chi connectivity index (χ4n) is 3.99. The van der Waals surface area contributed by atoms with Crippen molar-refractivity contribution in [3.8, 4) is 5.69 Å². The zero-order chi connectivity index (χ0) is 18.1. The van der Waals surface area contributed by atoms with Gasteiger partial charge in [-0.3, -0.25) is 4.79 Å². The fraction of sp³-hybridized carbons (Fsp3) is 0.524. The van der Waals surface area contributed by atoms with Gasteiger partial charge in [0.2, 0.25) is 5.91 Å². The van der Waals surface area contributed by atoms with Crippen LogP contribution >= 0.6 is 0 Å². The van der Waals surface area contributed by atoms with Crippen LogP contribution in [-0.2, 0) is 11.2 Å². The molecule has 1 amide bonds. The fourth-order valence-corrected chi connectivity index (χ4v) is 3.99. The number of nitrogens with one attached hydrogen (secondary N) is 1. The number of aromatic nitrogens is 2. The molecular formula is C21H28N4O. The standard InChI is InChI=1S/C21H28N4O/c1-15-20(16(2)25(23-15)19-8-4-3-5-9-19)13-21(26)24(18-10-11-18)14-17-7-6-12-22-17/h3-5,8-9,17-18,22H,6-7,10-14H2,1-2H3. The number of carbonyl (C=O) groups excluding carboxylic acids is 1. The Morgan fingerprint density at radius 3 is 2.65 bits per heavy atom. The van der Waals surface area contributed by atoms with Crippen LogP contribution in [0.25, 0.3) is 5.69 Å². The Morgan fingerprint density at radius 1 is 1.23 bits per heavy atom. The van der Waals surface area contributed by atoms with E-state index in [9.17, 15) is 4.79 Å². The predicted octanol–water partition coefficient (Wildman–Crippen LogP) is 2.77. The number of rotatable bonds is 6. The molecule has 1 atom stereocenters. The van der Waals surface area contributed by atoms with Crippen LogP contribution in [-0.4, -0.2) is 45.8 Å². The minimum absolute atomic E-state index is 0.250. The summed E-state index contributed by atoms with van der Waals surface area (Å²) in [5.74, 6) is 0.250. The first-order valence-corrected chi connectivity index (χ1v) is 9.77. The molecule has 26 heavy (non-hydrogen) atoms. The summed E-state index contributed by atoms with van der Waals surface area (Å²) in [5.41, 5.74) is 4.14. The molecular weight excluding hydrogens is 324 g/mol. The maximum atomic E-state index is 13.1. The van der Waals surface area contributed by atoms with Crippen LogP contribution in [0.15, 0.2) is 30.3 Å². The molecule has 1 saturated carbocycles. The number of aryl methyl sites for hydroxylation is 1. The number of para-hydroxylation sites is 1. The third-order valence-electron chi connectivity index (χ3n) is 5.66. The molecule has 2 fully saturated rings. The van der Waals surface area contributed by atoms with Crippen LogP contribution in [0.2, 0.25) is 0 Å². The summed E-state index contributed by atoms with van der Waals surface area (Å²) in [7, 11) is 0. The number of amides is 1. The van der Waals surface area contributed by atoms with Crippen LogP contribution in [0, 0.1) is 13.8 Å². The highest BCUT2D eigenvalue weighted by atomic mass is 16.2. The van der Waals surface area contributed by atoms with Crippen LogP contribution in [0.5, 0.6) is 0 Å². The molecule has 2 aromatic rings. The normalized spacial score (nSPS) is 19.7. The van der Waals surface area contributed by atoms with E-state index in [0.717, 1.165) is 48.6 Å². The van der Waals surface area contributed by atoms with Gasteiger partial charge < -0.3 is 10.2 Å². The molecule has 4 rings (SSSR count). The second kappa shape index (κ2) is 7.23. The van der Waals surface area contributed by atoms with Crippen LogP contribution in [0.3, 0.4) is 0 Å². The highest BCUT2D eigenvalue weighted by molar-refractivity contribution is 5.80. The van der Waals surface area contributed by atoms with Gasteiger partial charge in [0.25, 0.3) is 0 Å². The number of hydrogen-bond donors (Lipinski definition) is 1. The van der Waals surface area contributed by atoms with Crippen LogP contribution in [0.1, 0.15) is 42.6 Å². The molecule has 5 nitrogen and oxygen atoms in total. The van der Waals surface area contributed by atoms with Gasteiger partial charge in [0.05, 0.1) is 17.8 Å². The third-order valence-corrected chi connectivity index (χ3v) is 5.66. The smallest absolute Gasteiger partial charge is 0.227 e. The Hall–Kier alpha value is -2.14. The Bertz CT molecular complexity index is 773. The van der Waals surface area contributed by atoms with Crippen molar-refractivity contribution in [3.05, 3.63) is 47.3 Å². The zero-order valence-electron chi connectivity index (χ0n) is 15.7. The van der Waals surface area contributed by atoms with Gasteiger partial charge in [0.1, 0.15) is 0 Å². The number of benzene rings is 1. The van der Waals surface area contributed by atoms with Crippen molar-refractivity contribution in [2.24, 2.45) is 0 Å². The lowest BCUT2D eigenvalue weighted by atomic mass is 10.1. The Balaban J connectivity index is 1.52. The molecule has 0 spiro atoms. The minimum Gasteiger partial charge on any atom is -0.338 e. The molecule has 5 heteroatoms. The summed E-state index contributed by atoms with van der Waals surface area (Å²) in [6, 6.07) is 11.0. The van der Waals surface area contributed by atoms with Crippen molar-refractivity contribution >= 4 is 5.91 Å². The van der Waals surface area contributed by atoms with Crippen molar-refractivity contribution in [3.63, 3.8) is 0 Å². The van der Waals surface area contributed by atoms with Gasteiger partial charge in [-0.1, -0.05) is 18.2 Å². The highest BCUT2D eigenvalue weighted by Crippen LogP contribution is 2.29. The van der Waals surface area contributed by atoms with E-state index in [1.54, 1.807) is 0 Å². The van der Waals surface area contributed by atoms with Crippen molar-refractivity contribution in [1.29, 1.82) is 0 Å². The highest BCUT2D eigenvalue weighted by Gasteiger charge is 2.35. The first-order chi connectivity index (χ1) is 12.6. The lowest BCUT2D eigenvalue weighted by Crippen LogP contribution is -2.43. The second-order valence-electron chi connectivity index (χ2n) is 7.64. The van der Waals surface area contributed by atoms with Gasteiger partial charge in [-0.05, 0) is 58.2 Å². The van der Waals surface area contributed by atoms with Crippen molar-refractivity contribution in [2.75, 3.05) is 13.1 Å². The average molecular weight is 352 g/mol. The van der Waals surface area contributed by atoms with E-state index in [-0.39, 0.29) is 5.91 Å².